The fourth-order valence-corrected chi connectivity index (χ4v) is 2.54. The lowest BCUT2D eigenvalue weighted by Gasteiger charge is -2.25. The largest absolute Gasteiger partial charge is 0.496 e. The van der Waals surface area contributed by atoms with Crippen LogP contribution in [-0.4, -0.2) is 27.9 Å². The van der Waals surface area contributed by atoms with E-state index in [0.29, 0.717) is 5.75 Å². The maximum absolute atomic E-state index is 5.42. The molecule has 0 aliphatic heterocycles. The van der Waals surface area contributed by atoms with Crippen molar-refractivity contribution in [2.45, 2.75) is 32.2 Å². The van der Waals surface area contributed by atoms with Crippen LogP contribution in [0.15, 0.2) is 12.1 Å². The van der Waals surface area contributed by atoms with Crippen molar-refractivity contribution in [3.05, 3.63) is 17.7 Å². The van der Waals surface area contributed by atoms with Gasteiger partial charge in [0.25, 0.3) is 0 Å². The van der Waals surface area contributed by atoms with Gasteiger partial charge in [-0.1, -0.05) is 19.3 Å². The highest BCUT2D eigenvalue weighted by Crippen LogP contribution is 2.34. The first-order chi connectivity index (χ1) is 9.78. The van der Waals surface area contributed by atoms with Gasteiger partial charge in [-0.05, 0) is 24.9 Å². The lowest BCUT2D eigenvalue weighted by Crippen LogP contribution is -2.21. The minimum Gasteiger partial charge on any atom is -0.496 e. The molecule has 0 amide bonds. The van der Waals surface area contributed by atoms with Crippen LogP contribution in [0.2, 0.25) is 0 Å². The van der Waals surface area contributed by atoms with Crippen LogP contribution < -0.4 is 19.5 Å². The summed E-state index contributed by atoms with van der Waals surface area (Å²) in [5, 5.41) is 3.49. The van der Waals surface area contributed by atoms with Crippen molar-refractivity contribution in [1.29, 1.82) is 0 Å². The summed E-state index contributed by atoms with van der Waals surface area (Å²) in [5.41, 5.74) is 1.10. The smallest absolute Gasteiger partial charge is 0.164 e. The summed E-state index contributed by atoms with van der Waals surface area (Å²) in [4.78, 5) is 0. The molecule has 0 saturated heterocycles. The second-order valence-corrected chi connectivity index (χ2v) is 5.28. The molecular formula is C16H25NO3. The van der Waals surface area contributed by atoms with Gasteiger partial charge in [0.2, 0.25) is 0 Å². The monoisotopic (exact) mass is 279 g/mol. The van der Waals surface area contributed by atoms with Crippen LogP contribution in [0.4, 0.5) is 0 Å². The predicted octanol–water partition coefficient (Wildman–Crippen LogP) is 2.99. The number of nitrogens with one attached hydrogen (secondary N) is 1. The Hall–Kier alpha value is -1.42. The molecule has 0 unspecified atom stereocenters. The van der Waals surface area contributed by atoms with Gasteiger partial charge in [-0.15, -0.1) is 0 Å². The van der Waals surface area contributed by atoms with E-state index in [2.05, 4.69) is 5.32 Å². The maximum Gasteiger partial charge on any atom is 0.164 e. The first-order valence-corrected chi connectivity index (χ1v) is 7.28. The molecular weight excluding hydrogens is 254 g/mol. The van der Waals surface area contributed by atoms with Gasteiger partial charge in [0, 0.05) is 18.2 Å². The molecule has 0 radical (unpaired) electrons. The molecule has 0 atom stereocenters. The normalized spacial score (nSPS) is 14.8. The molecule has 4 heteroatoms. The van der Waals surface area contributed by atoms with Crippen molar-refractivity contribution >= 4 is 0 Å². The number of hydrogen-bond donors (Lipinski definition) is 1. The Morgan fingerprint density at radius 2 is 1.65 bits per heavy atom. The molecule has 1 aromatic carbocycles. The molecule has 20 heavy (non-hydrogen) atoms. The van der Waals surface area contributed by atoms with Gasteiger partial charge in [0.15, 0.2) is 11.5 Å². The van der Waals surface area contributed by atoms with Crippen LogP contribution in [0.1, 0.15) is 31.2 Å². The van der Waals surface area contributed by atoms with Crippen LogP contribution in [-0.2, 0) is 6.54 Å². The molecule has 112 valence electrons. The van der Waals surface area contributed by atoms with Crippen molar-refractivity contribution < 1.29 is 14.2 Å². The van der Waals surface area contributed by atoms with Crippen LogP contribution in [0.5, 0.6) is 17.2 Å². The Morgan fingerprint density at radius 3 is 2.20 bits per heavy atom. The highest BCUT2D eigenvalue weighted by molar-refractivity contribution is 5.50. The van der Waals surface area contributed by atoms with E-state index in [1.54, 1.807) is 21.3 Å². The summed E-state index contributed by atoms with van der Waals surface area (Å²) in [6.07, 6.45) is 5.49. The van der Waals surface area contributed by atoms with E-state index in [1.807, 2.05) is 12.1 Å². The summed E-state index contributed by atoms with van der Waals surface area (Å²) in [6, 6.07) is 3.86. The minimum atomic E-state index is 0.697. The first-order valence-electron chi connectivity index (χ1n) is 7.28. The summed E-state index contributed by atoms with van der Waals surface area (Å²) in [5.74, 6) is 3.21. The second kappa shape index (κ2) is 7.39. The summed E-state index contributed by atoms with van der Waals surface area (Å²) < 4.78 is 16.0. The van der Waals surface area contributed by atoms with Crippen molar-refractivity contribution in [2.75, 3.05) is 27.9 Å². The van der Waals surface area contributed by atoms with Crippen molar-refractivity contribution in [3.63, 3.8) is 0 Å². The van der Waals surface area contributed by atoms with Crippen molar-refractivity contribution in [1.82, 2.24) is 5.32 Å². The lowest BCUT2D eigenvalue weighted by molar-refractivity contribution is 0.291. The van der Waals surface area contributed by atoms with E-state index in [1.165, 1.54) is 25.7 Å². The molecule has 1 aliphatic rings. The van der Waals surface area contributed by atoms with E-state index >= 15 is 0 Å². The summed E-state index contributed by atoms with van der Waals surface area (Å²) in [6.45, 7) is 1.85. The van der Waals surface area contributed by atoms with Gasteiger partial charge in [0.1, 0.15) is 5.75 Å². The highest BCUT2D eigenvalue weighted by atomic mass is 16.5. The number of rotatable bonds is 8. The third-order valence-electron chi connectivity index (χ3n) is 4.06. The number of ether oxygens (including phenoxy) is 3. The van der Waals surface area contributed by atoms with Gasteiger partial charge in [-0.25, -0.2) is 0 Å². The van der Waals surface area contributed by atoms with Crippen LogP contribution in [0, 0.1) is 5.92 Å². The van der Waals surface area contributed by atoms with Crippen LogP contribution in [0.3, 0.4) is 0 Å². The van der Waals surface area contributed by atoms with Crippen molar-refractivity contribution in [2.24, 2.45) is 5.92 Å². The zero-order valence-corrected chi connectivity index (χ0v) is 12.7. The SMILES string of the molecule is COc1cc(OC)c(OC)cc1CNCCC1CCC1. The number of benzene rings is 1. The number of methoxy groups -OCH3 is 3. The maximum atomic E-state index is 5.42. The Bertz CT molecular complexity index is 430. The zero-order valence-electron chi connectivity index (χ0n) is 12.7. The van der Waals surface area contributed by atoms with E-state index in [-0.39, 0.29) is 0 Å². The second-order valence-electron chi connectivity index (χ2n) is 5.28. The van der Waals surface area contributed by atoms with E-state index in [4.69, 9.17) is 14.2 Å². The Morgan fingerprint density at radius 1 is 1.00 bits per heavy atom. The predicted molar refractivity (Wildman–Crippen MR) is 79.8 cm³/mol. The standard InChI is InChI=1S/C16H25NO3/c1-18-14-10-16(20-3)15(19-2)9-13(14)11-17-8-7-12-5-4-6-12/h9-10,12,17H,4-8,11H2,1-3H3. The molecule has 1 aromatic rings. The molecule has 1 fully saturated rings. The molecule has 0 bridgehead atoms. The van der Waals surface area contributed by atoms with Gasteiger partial charge >= 0.3 is 0 Å². The third-order valence-corrected chi connectivity index (χ3v) is 4.06. The van der Waals surface area contributed by atoms with Gasteiger partial charge in [-0.3, -0.25) is 0 Å². The fraction of sp³-hybridized carbons (Fsp3) is 0.625. The molecule has 1 aliphatic carbocycles. The summed E-state index contributed by atoms with van der Waals surface area (Å²) in [7, 11) is 4.96. The highest BCUT2D eigenvalue weighted by Gasteiger charge is 2.16. The Labute approximate surface area is 121 Å². The summed E-state index contributed by atoms with van der Waals surface area (Å²) >= 11 is 0. The molecule has 0 heterocycles. The quantitative estimate of drug-likeness (QED) is 0.743. The molecule has 2 rings (SSSR count). The molecule has 1 saturated carbocycles. The van der Waals surface area contributed by atoms with E-state index in [0.717, 1.165) is 36.1 Å². The third kappa shape index (κ3) is 3.57. The fourth-order valence-electron chi connectivity index (χ4n) is 2.54. The average Bonchev–Trinajstić information content (AvgIpc) is 2.44. The van der Waals surface area contributed by atoms with Crippen LogP contribution >= 0.6 is 0 Å². The Balaban J connectivity index is 1.94. The Kier molecular flexibility index (Phi) is 5.53. The van der Waals surface area contributed by atoms with Gasteiger partial charge in [0.05, 0.1) is 21.3 Å². The molecule has 0 aromatic heterocycles. The van der Waals surface area contributed by atoms with Gasteiger partial charge < -0.3 is 19.5 Å². The zero-order chi connectivity index (χ0) is 14.4. The van der Waals surface area contributed by atoms with Gasteiger partial charge in [-0.2, -0.15) is 0 Å². The van der Waals surface area contributed by atoms with Crippen molar-refractivity contribution in [3.8, 4) is 17.2 Å². The molecule has 0 spiro atoms. The molecule has 4 nitrogen and oxygen atoms in total. The van der Waals surface area contributed by atoms with Crippen LogP contribution in [0.25, 0.3) is 0 Å². The minimum absolute atomic E-state index is 0.697. The number of hydrogen-bond acceptors (Lipinski definition) is 4. The van der Waals surface area contributed by atoms with E-state index in [9.17, 15) is 0 Å². The van der Waals surface area contributed by atoms with E-state index < -0.39 is 0 Å². The average molecular weight is 279 g/mol. The molecule has 1 N–H and O–H groups in total. The lowest BCUT2D eigenvalue weighted by atomic mass is 9.83. The first kappa shape index (κ1) is 15.0. The topological polar surface area (TPSA) is 39.7 Å².